The molecule has 30 heavy (non-hydrogen) atoms. The molecule has 0 radical (unpaired) electrons. The third-order valence-electron chi connectivity index (χ3n) is 4.14. The first-order valence-electron chi connectivity index (χ1n) is 10.2. The number of aliphatic imine (C=N–C) groups is 1. The summed E-state index contributed by atoms with van der Waals surface area (Å²) in [4.78, 5) is 16.2. The number of nitrogens with zero attached hydrogens (tertiary/aromatic N) is 1. The molecule has 0 bridgehead atoms. The van der Waals surface area contributed by atoms with Gasteiger partial charge in [0.15, 0.2) is 17.5 Å². The summed E-state index contributed by atoms with van der Waals surface area (Å²) in [7, 11) is 4.99. The van der Waals surface area contributed by atoms with Crippen molar-refractivity contribution < 1.29 is 19.0 Å². The average Bonchev–Trinajstić information content (AvgIpc) is 2.65. The van der Waals surface area contributed by atoms with Crippen LogP contribution in [0.4, 0.5) is 4.79 Å². The first kappa shape index (κ1) is 25.4. The standard InChI is InChI=1S/C22H38N4O4/c1-21(2,3)30-20(27)26-22(4,5)15-25-19(23-6)24-13-9-10-16-11-12-17(28-7)18(14-16)29-8/h11-12,14H,9-10,13,15H2,1-8H3,(H,26,27)(H2,23,24,25). The third kappa shape index (κ3) is 9.71. The highest BCUT2D eigenvalue weighted by Crippen LogP contribution is 2.27. The van der Waals surface area contributed by atoms with E-state index in [2.05, 4.69) is 20.9 Å². The highest BCUT2D eigenvalue weighted by Gasteiger charge is 2.24. The molecule has 8 nitrogen and oxygen atoms in total. The minimum absolute atomic E-state index is 0.438. The average molecular weight is 423 g/mol. The van der Waals surface area contributed by atoms with E-state index in [1.807, 2.05) is 52.8 Å². The van der Waals surface area contributed by atoms with Crippen molar-refractivity contribution in [2.75, 3.05) is 34.4 Å². The van der Waals surface area contributed by atoms with E-state index in [0.29, 0.717) is 12.5 Å². The zero-order valence-corrected chi connectivity index (χ0v) is 19.6. The minimum atomic E-state index is -0.529. The molecule has 0 saturated heterocycles. The van der Waals surface area contributed by atoms with E-state index in [1.165, 1.54) is 5.56 Å². The quantitative estimate of drug-likeness (QED) is 0.322. The molecule has 0 aromatic heterocycles. The number of aryl methyl sites for hydroxylation is 1. The van der Waals surface area contributed by atoms with E-state index < -0.39 is 17.2 Å². The van der Waals surface area contributed by atoms with Crippen LogP contribution in [0.25, 0.3) is 0 Å². The van der Waals surface area contributed by atoms with Crippen LogP contribution in [0.2, 0.25) is 0 Å². The summed E-state index contributed by atoms with van der Waals surface area (Å²) < 4.78 is 15.9. The summed E-state index contributed by atoms with van der Waals surface area (Å²) in [6.07, 6.45) is 1.39. The van der Waals surface area contributed by atoms with Gasteiger partial charge in [-0.05, 0) is 65.2 Å². The van der Waals surface area contributed by atoms with Gasteiger partial charge < -0.3 is 30.2 Å². The molecular formula is C22H38N4O4. The number of carbonyl (C=O) groups is 1. The van der Waals surface area contributed by atoms with Crippen molar-refractivity contribution in [3.05, 3.63) is 23.8 Å². The molecule has 3 N–H and O–H groups in total. The van der Waals surface area contributed by atoms with Gasteiger partial charge in [-0.25, -0.2) is 4.79 Å². The van der Waals surface area contributed by atoms with Crippen LogP contribution >= 0.6 is 0 Å². The molecule has 0 atom stereocenters. The van der Waals surface area contributed by atoms with Gasteiger partial charge >= 0.3 is 6.09 Å². The number of carbonyl (C=O) groups excluding carboxylic acids is 1. The third-order valence-corrected chi connectivity index (χ3v) is 4.14. The molecule has 0 saturated carbocycles. The molecule has 0 spiro atoms. The van der Waals surface area contributed by atoms with Crippen LogP contribution in [0, 0.1) is 0 Å². The Morgan fingerprint density at radius 2 is 1.70 bits per heavy atom. The Balaban J connectivity index is 2.42. The summed E-state index contributed by atoms with van der Waals surface area (Å²) in [5, 5.41) is 9.41. The van der Waals surface area contributed by atoms with Gasteiger partial charge in [0.25, 0.3) is 0 Å². The Bertz CT molecular complexity index is 712. The maximum Gasteiger partial charge on any atom is 0.408 e. The summed E-state index contributed by atoms with van der Waals surface area (Å²) in [5.41, 5.74) is 0.152. The van der Waals surface area contributed by atoms with E-state index >= 15 is 0 Å². The lowest BCUT2D eigenvalue weighted by molar-refractivity contribution is 0.0474. The number of alkyl carbamates (subject to hydrolysis) is 1. The molecule has 0 aliphatic rings. The predicted molar refractivity (Wildman–Crippen MR) is 121 cm³/mol. The SMILES string of the molecule is CN=C(NCCCc1ccc(OC)c(OC)c1)NCC(C)(C)NC(=O)OC(C)(C)C. The minimum Gasteiger partial charge on any atom is -0.493 e. The van der Waals surface area contributed by atoms with Crippen LogP contribution in [-0.2, 0) is 11.2 Å². The lowest BCUT2D eigenvalue weighted by Crippen LogP contribution is -2.54. The van der Waals surface area contributed by atoms with Crippen molar-refractivity contribution in [3.63, 3.8) is 0 Å². The van der Waals surface area contributed by atoms with Crippen LogP contribution in [0.1, 0.15) is 46.6 Å². The second-order valence-electron chi connectivity index (χ2n) is 8.66. The molecule has 1 amide bonds. The van der Waals surface area contributed by atoms with Crippen LogP contribution in [0.5, 0.6) is 11.5 Å². The molecule has 1 aromatic carbocycles. The summed E-state index contributed by atoms with van der Waals surface area (Å²) >= 11 is 0. The fourth-order valence-corrected chi connectivity index (χ4v) is 2.68. The van der Waals surface area contributed by atoms with Gasteiger partial charge in [-0.3, -0.25) is 4.99 Å². The largest absolute Gasteiger partial charge is 0.493 e. The van der Waals surface area contributed by atoms with Crippen molar-refractivity contribution in [1.82, 2.24) is 16.0 Å². The van der Waals surface area contributed by atoms with Gasteiger partial charge in [0.1, 0.15) is 5.60 Å². The Hall–Kier alpha value is -2.64. The highest BCUT2D eigenvalue weighted by atomic mass is 16.6. The van der Waals surface area contributed by atoms with Crippen LogP contribution < -0.4 is 25.4 Å². The topological polar surface area (TPSA) is 93.2 Å². The van der Waals surface area contributed by atoms with Crippen molar-refractivity contribution in [2.24, 2.45) is 4.99 Å². The number of nitrogens with one attached hydrogen (secondary N) is 3. The van der Waals surface area contributed by atoms with Crippen LogP contribution in [-0.4, -0.2) is 57.5 Å². The summed E-state index contributed by atoms with van der Waals surface area (Å²) in [5.74, 6) is 2.15. The number of hydrogen-bond donors (Lipinski definition) is 3. The number of ether oxygens (including phenoxy) is 3. The van der Waals surface area contributed by atoms with E-state index in [9.17, 15) is 4.79 Å². The van der Waals surface area contributed by atoms with E-state index in [-0.39, 0.29) is 0 Å². The Kier molecular flexibility index (Phi) is 9.75. The monoisotopic (exact) mass is 422 g/mol. The number of guanidine groups is 1. The van der Waals surface area contributed by atoms with Gasteiger partial charge in [0.05, 0.1) is 19.8 Å². The van der Waals surface area contributed by atoms with Gasteiger partial charge in [0.2, 0.25) is 0 Å². The van der Waals surface area contributed by atoms with Gasteiger partial charge in [-0.2, -0.15) is 0 Å². The fraction of sp³-hybridized carbons (Fsp3) is 0.636. The van der Waals surface area contributed by atoms with E-state index in [1.54, 1.807) is 21.3 Å². The number of amides is 1. The molecule has 0 unspecified atom stereocenters. The lowest BCUT2D eigenvalue weighted by Gasteiger charge is -2.29. The first-order valence-corrected chi connectivity index (χ1v) is 10.2. The van der Waals surface area contributed by atoms with Crippen molar-refractivity contribution in [3.8, 4) is 11.5 Å². The Morgan fingerprint density at radius 1 is 1.03 bits per heavy atom. The Labute approximate surface area is 180 Å². The van der Waals surface area contributed by atoms with Gasteiger partial charge in [0, 0.05) is 20.1 Å². The molecule has 0 fully saturated rings. The highest BCUT2D eigenvalue weighted by molar-refractivity contribution is 5.79. The van der Waals surface area contributed by atoms with Gasteiger partial charge in [-0.1, -0.05) is 6.07 Å². The maximum absolute atomic E-state index is 12.0. The van der Waals surface area contributed by atoms with E-state index in [0.717, 1.165) is 30.9 Å². The number of methoxy groups -OCH3 is 2. The fourth-order valence-electron chi connectivity index (χ4n) is 2.68. The Morgan fingerprint density at radius 3 is 2.27 bits per heavy atom. The van der Waals surface area contributed by atoms with E-state index in [4.69, 9.17) is 14.2 Å². The molecular weight excluding hydrogens is 384 g/mol. The van der Waals surface area contributed by atoms with Crippen molar-refractivity contribution in [1.29, 1.82) is 0 Å². The molecule has 1 aromatic rings. The normalized spacial score (nSPS) is 12.2. The predicted octanol–water partition coefficient (Wildman–Crippen LogP) is 3.10. The molecule has 8 heteroatoms. The first-order chi connectivity index (χ1) is 14.0. The lowest BCUT2D eigenvalue weighted by atomic mass is 10.1. The number of hydrogen-bond acceptors (Lipinski definition) is 5. The summed E-state index contributed by atoms with van der Waals surface area (Å²) in [6, 6.07) is 5.96. The smallest absolute Gasteiger partial charge is 0.408 e. The molecule has 0 heterocycles. The summed E-state index contributed by atoms with van der Waals surface area (Å²) in [6.45, 7) is 10.6. The maximum atomic E-state index is 12.0. The van der Waals surface area contributed by atoms with Crippen molar-refractivity contribution >= 4 is 12.1 Å². The van der Waals surface area contributed by atoms with Crippen molar-refractivity contribution in [2.45, 2.75) is 58.6 Å². The second-order valence-corrected chi connectivity index (χ2v) is 8.66. The number of rotatable bonds is 9. The molecule has 1 rings (SSSR count). The second kappa shape index (κ2) is 11.5. The van der Waals surface area contributed by atoms with Crippen LogP contribution in [0.3, 0.4) is 0 Å². The number of benzene rings is 1. The molecule has 0 aliphatic carbocycles. The zero-order chi connectivity index (χ0) is 22.8. The van der Waals surface area contributed by atoms with Crippen LogP contribution in [0.15, 0.2) is 23.2 Å². The molecule has 170 valence electrons. The van der Waals surface area contributed by atoms with Gasteiger partial charge in [-0.15, -0.1) is 0 Å². The molecule has 0 aliphatic heterocycles. The zero-order valence-electron chi connectivity index (χ0n) is 19.6.